The number of H-pyrrole nitrogens is 1. The van der Waals surface area contributed by atoms with Crippen LogP contribution in [0.25, 0.3) is 11.6 Å². The summed E-state index contributed by atoms with van der Waals surface area (Å²) in [6.45, 7) is 1.12. The molecular formula is C15H15F3N6O. The van der Waals surface area contributed by atoms with E-state index >= 15 is 0 Å². The average molecular weight is 352 g/mol. The van der Waals surface area contributed by atoms with Gasteiger partial charge in [0.15, 0.2) is 11.6 Å². The highest BCUT2D eigenvalue weighted by Crippen LogP contribution is 2.29. The maximum atomic E-state index is 13.0. The topological polar surface area (TPSA) is 84.6 Å². The molecular weight excluding hydrogens is 337 g/mol. The maximum Gasteiger partial charge on any atom is 0.408 e. The lowest BCUT2D eigenvalue weighted by Gasteiger charge is -2.22. The van der Waals surface area contributed by atoms with Gasteiger partial charge in [-0.05, 0) is 19.1 Å². The number of nitrogens with one attached hydrogen (secondary N) is 2. The number of nitrogens with zero attached hydrogens (tertiary/aromatic N) is 4. The summed E-state index contributed by atoms with van der Waals surface area (Å²) in [5, 5.41) is 7.20. The Hall–Kier alpha value is -2.62. The molecule has 0 saturated heterocycles. The Labute approximate surface area is 140 Å². The van der Waals surface area contributed by atoms with Crippen molar-refractivity contribution in [3.05, 3.63) is 41.4 Å². The van der Waals surface area contributed by atoms with Crippen LogP contribution in [0, 0.1) is 6.92 Å². The van der Waals surface area contributed by atoms with Crippen LogP contribution in [0.15, 0.2) is 22.9 Å². The van der Waals surface area contributed by atoms with Gasteiger partial charge in [-0.3, -0.25) is 0 Å². The molecule has 1 atom stereocenters. The van der Waals surface area contributed by atoms with Gasteiger partial charge in [0.1, 0.15) is 18.3 Å². The number of hydrogen-bond donors (Lipinski definition) is 2. The minimum Gasteiger partial charge on any atom is -0.458 e. The van der Waals surface area contributed by atoms with Gasteiger partial charge in [-0.1, -0.05) is 0 Å². The van der Waals surface area contributed by atoms with Crippen molar-refractivity contribution in [1.29, 1.82) is 0 Å². The van der Waals surface area contributed by atoms with Gasteiger partial charge in [-0.15, -0.1) is 5.10 Å². The van der Waals surface area contributed by atoms with Crippen LogP contribution in [0.2, 0.25) is 0 Å². The van der Waals surface area contributed by atoms with Gasteiger partial charge in [0.05, 0.1) is 12.0 Å². The molecule has 0 fully saturated rings. The second kappa shape index (κ2) is 5.73. The third-order valence-electron chi connectivity index (χ3n) is 4.00. The number of halogens is 3. The SMILES string of the molecule is Cc1ccc(-c2nc([C@@H]3NCCc4[nH]cnc43)n(CC(F)(F)F)n2)o1. The van der Waals surface area contributed by atoms with Crippen molar-refractivity contribution in [3.63, 3.8) is 0 Å². The second-order valence-corrected chi connectivity index (χ2v) is 5.88. The first-order chi connectivity index (χ1) is 11.9. The van der Waals surface area contributed by atoms with Crippen LogP contribution in [0.3, 0.4) is 0 Å². The van der Waals surface area contributed by atoms with E-state index in [0.717, 1.165) is 16.8 Å². The van der Waals surface area contributed by atoms with Crippen LogP contribution in [-0.4, -0.2) is 37.5 Å². The Morgan fingerprint density at radius 2 is 2.20 bits per heavy atom. The Kier molecular flexibility index (Phi) is 3.64. The standard InChI is InChI=1S/C15H15F3N6O/c1-8-2-3-10(25-8)13-22-14(24(23-13)6-15(16,17)18)12-11-9(4-5-19-12)20-7-21-11/h2-3,7,12,19H,4-6H2,1H3,(H,20,21)/t12-/m1/s1. The van der Waals surface area contributed by atoms with Crippen LogP contribution in [0.4, 0.5) is 13.2 Å². The Balaban J connectivity index is 1.79. The summed E-state index contributed by atoms with van der Waals surface area (Å²) < 4.78 is 45.3. The largest absolute Gasteiger partial charge is 0.458 e. The molecule has 0 aliphatic carbocycles. The minimum absolute atomic E-state index is 0.122. The number of rotatable bonds is 3. The molecule has 7 nitrogen and oxygen atoms in total. The zero-order valence-electron chi connectivity index (χ0n) is 13.3. The fourth-order valence-electron chi connectivity index (χ4n) is 2.95. The van der Waals surface area contributed by atoms with Crippen LogP contribution >= 0.6 is 0 Å². The lowest BCUT2D eigenvalue weighted by molar-refractivity contribution is -0.143. The van der Waals surface area contributed by atoms with E-state index in [9.17, 15) is 13.2 Å². The first kappa shape index (κ1) is 15.9. The summed E-state index contributed by atoms with van der Waals surface area (Å²) >= 11 is 0. The zero-order chi connectivity index (χ0) is 17.6. The molecule has 0 spiro atoms. The molecule has 25 heavy (non-hydrogen) atoms. The Morgan fingerprint density at radius 1 is 1.36 bits per heavy atom. The third kappa shape index (κ3) is 3.04. The molecule has 132 valence electrons. The van der Waals surface area contributed by atoms with E-state index in [4.69, 9.17) is 4.42 Å². The first-order valence-corrected chi connectivity index (χ1v) is 7.74. The molecule has 1 aliphatic rings. The number of alkyl halides is 3. The first-order valence-electron chi connectivity index (χ1n) is 7.74. The van der Waals surface area contributed by atoms with Crippen molar-refractivity contribution in [3.8, 4) is 11.6 Å². The van der Waals surface area contributed by atoms with Crippen LogP contribution in [-0.2, 0) is 13.0 Å². The smallest absolute Gasteiger partial charge is 0.408 e. The van der Waals surface area contributed by atoms with Crippen molar-refractivity contribution < 1.29 is 17.6 Å². The lowest BCUT2D eigenvalue weighted by atomic mass is 10.1. The molecule has 10 heteroatoms. The summed E-state index contributed by atoms with van der Waals surface area (Å²) in [6, 6.07) is 2.79. The van der Waals surface area contributed by atoms with Gasteiger partial charge in [0.25, 0.3) is 0 Å². The minimum atomic E-state index is -4.41. The molecule has 3 aromatic heterocycles. The van der Waals surface area contributed by atoms with E-state index in [1.54, 1.807) is 19.1 Å². The van der Waals surface area contributed by atoms with Crippen molar-refractivity contribution >= 4 is 0 Å². The summed E-state index contributed by atoms with van der Waals surface area (Å²) in [6.07, 6.45) is -2.16. The zero-order valence-corrected chi connectivity index (χ0v) is 13.3. The fourth-order valence-corrected chi connectivity index (χ4v) is 2.95. The molecule has 1 aliphatic heterocycles. The van der Waals surface area contributed by atoms with E-state index in [-0.39, 0.29) is 11.6 Å². The van der Waals surface area contributed by atoms with Gasteiger partial charge in [-0.25, -0.2) is 14.6 Å². The molecule has 0 aromatic carbocycles. The van der Waals surface area contributed by atoms with Crippen molar-refractivity contribution in [2.75, 3.05) is 6.54 Å². The molecule has 0 bridgehead atoms. The Bertz CT molecular complexity index is 893. The predicted octanol–water partition coefficient (Wildman–Crippen LogP) is 2.37. The van der Waals surface area contributed by atoms with Crippen molar-refractivity contribution in [2.45, 2.75) is 32.1 Å². The summed E-state index contributed by atoms with van der Waals surface area (Å²) in [4.78, 5) is 11.6. The fraction of sp³-hybridized carbons (Fsp3) is 0.400. The molecule has 4 heterocycles. The number of aromatic nitrogens is 5. The molecule has 0 radical (unpaired) electrons. The number of imidazole rings is 1. The normalized spacial score (nSPS) is 17.7. The van der Waals surface area contributed by atoms with Crippen LogP contribution < -0.4 is 5.32 Å². The number of hydrogen-bond acceptors (Lipinski definition) is 5. The second-order valence-electron chi connectivity index (χ2n) is 5.88. The van der Waals surface area contributed by atoms with E-state index < -0.39 is 18.8 Å². The number of aromatic amines is 1. The molecule has 0 amide bonds. The van der Waals surface area contributed by atoms with Crippen molar-refractivity contribution in [1.82, 2.24) is 30.0 Å². The molecule has 3 aromatic rings. The van der Waals surface area contributed by atoms with Gasteiger partial charge in [-0.2, -0.15) is 13.2 Å². The third-order valence-corrected chi connectivity index (χ3v) is 4.00. The highest BCUT2D eigenvalue weighted by atomic mass is 19.4. The quantitative estimate of drug-likeness (QED) is 0.756. The van der Waals surface area contributed by atoms with Gasteiger partial charge in [0, 0.05) is 18.7 Å². The number of aryl methyl sites for hydroxylation is 1. The Morgan fingerprint density at radius 3 is 2.92 bits per heavy atom. The molecule has 0 unspecified atom stereocenters. The van der Waals surface area contributed by atoms with Gasteiger partial charge >= 0.3 is 6.18 Å². The lowest BCUT2D eigenvalue weighted by Crippen LogP contribution is -2.34. The highest BCUT2D eigenvalue weighted by molar-refractivity contribution is 5.47. The van der Waals surface area contributed by atoms with Gasteiger partial charge < -0.3 is 14.7 Å². The van der Waals surface area contributed by atoms with Crippen molar-refractivity contribution in [2.24, 2.45) is 0 Å². The maximum absolute atomic E-state index is 13.0. The van der Waals surface area contributed by atoms with Crippen LogP contribution in [0.5, 0.6) is 0 Å². The number of furan rings is 1. The van der Waals surface area contributed by atoms with E-state index in [2.05, 4.69) is 25.4 Å². The van der Waals surface area contributed by atoms with Crippen LogP contribution in [0.1, 0.15) is 29.0 Å². The summed E-state index contributed by atoms with van der Waals surface area (Å²) in [5.41, 5.74) is 1.53. The molecule has 4 rings (SSSR count). The highest BCUT2D eigenvalue weighted by Gasteiger charge is 2.35. The molecule has 0 saturated carbocycles. The number of fused-ring (bicyclic) bond motifs is 1. The predicted molar refractivity (Wildman–Crippen MR) is 80.7 cm³/mol. The van der Waals surface area contributed by atoms with E-state index in [1.165, 1.54) is 6.33 Å². The monoisotopic (exact) mass is 352 g/mol. The average Bonchev–Trinajstić information content (AvgIpc) is 3.24. The molecule has 2 N–H and O–H groups in total. The van der Waals surface area contributed by atoms with Gasteiger partial charge in [0.2, 0.25) is 5.82 Å². The van der Waals surface area contributed by atoms with E-state index in [0.29, 0.717) is 23.8 Å². The van der Waals surface area contributed by atoms with E-state index in [1.807, 2.05) is 0 Å². The summed E-state index contributed by atoms with van der Waals surface area (Å²) in [7, 11) is 0. The summed E-state index contributed by atoms with van der Waals surface area (Å²) in [5.74, 6) is 1.25.